The quantitative estimate of drug-likeness (QED) is 0.177. The molecule has 0 amide bonds. The van der Waals surface area contributed by atoms with E-state index in [1.165, 1.54) is 43.5 Å². The largest absolute Gasteiger partial charge is 0.309 e. The summed E-state index contributed by atoms with van der Waals surface area (Å²) in [4.78, 5) is 30.7. The van der Waals surface area contributed by atoms with Crippen molar-refractivity contribution in [3.05, 3.63) is 254 Å². The summed E-state index contributed by atoms with van der Waals surface area (Å²) in [7, 11) is 0. The van der Waals surface area contributed by atoms with Crippen LogP contribution in [0.15, 0.2) is 210 Å². The van der Waals surface area contributed by atoms with E-state index in [-0.39, 0.29) is 16.5 Å². The molecule has 2 heterocycles. The van der Waals surface area contributed by atoms with Crippen LogP contribution in [0.3, 0.4) is 0 Å². The third kappa shape index (κ3) is 4.47. The van der Waals surface area contributed by atoms with Gasteiger partial charge in [0.05, 0.1) is 38.6 Å². The number of fused-ring (bicyclic) bond motifs is 18. The number of anilines is 3. The molecule has 1 atom stereocenters. The van der Waals surface area contributed by atoms with E-state index >= 15 is 0 Å². The number of hydrogen-bond donors (Lipinski definition) is 0. The third-order valence-corrected chi connectivity index (χ3v) is 14.9. The highest BCUT2D eigenvalue weighted by atomic mass is 16.2. The number of hydrogen-bond acceptors (Lipinski definition) is 3. The molecule has 5 heteroatoms. The maximum absolute atomic E-state index is 14.3. The van der Waals surface area contributed by atoms with Crippen LogP contribution in [0.25, 0.3) is 66.3 Å². The molecule has 1 spiro atoms. The van der Waals surface area contributed by atoms with Crippen LogP contribution >= 0.6 is 0 Å². The number of aromatic nitrogens is 2. The van der Waals surface area contributed by atoms with Gasteiger partial charge in [-0.1, -0.05) is 166 Å². The Hall–Kier alpha value is -8.28. The highest BCUT2D eigenvalue weighted by molar-refractivity contribution is 6.04. The van der Waals surface area contributed by atoms with E-state index in [0.29, 0.717) is 10.8 Å². The average molecular weight is 834 g/mol. The lowest BCUT2D eigenvalue weighted by atomic mass is 9.70. The fourth-order valence-electron chi connectivity index (χ4n) is 12.2. The van der Waals surface area contributed by atoms with Crippen LogP contribution in [0.1, 0.15) is 47.2 Å². The van der Waals surface area contributed by atoms with E-state index in [1.807, 2.05) is 28.8 Å². The molecule has 0 aliphatic heterocycles. The van der Waals surface area contributed by atoms with Crippen molar-refractivity contribution >= 4 is 38.9 Å². The normalized spacial score (nSPS) is 15.8. The first-order valence-corrected chi connectivity index (χ1v) is 22.4. The van der Waals surface area contributed by atoms with Crippen molar-refractivity contribution in [2.45, 2.75) is 24.7 Å². The fourth-order valence-corrected chi connectivity index (χ4v) is 12.2. The summed E-state index contributed by atoms with van der Waals surface area (Å²) >= 11 is 0. The zero-order valence-corrected chi connectivity index (χ0v) is 35.7. The molecule has 9 aromatic carbocycles. The molecule has 0 fully saturated rings. The van der Waals surface area contributed by atoms with Crippen molar-refractivity contribution in [2.24, 2.45) is 0 Å². The monoisotopic (exact) mass is 833 g/mol. The lowest BCUT2D eigenvalue weighted by Crippen LogP contribution is -2.26. The number of nitrogens with zero attached hydrogens (tertiary/aromatic N) is 3. The van der Waals surface area contributed by atoms with Crippen LogP contribution in [-0.4, -0.2) is 9.03 Å². The second-order valence-electron chi connectivity index (χ2n) is 18.3. The minimum Gasteiger partial charge on any atom is -0.309 e. The molecule has 3 aliphatic rings. The van der Waals surface area contributed by atoms with E-state index in [1.54, 1.807) is 6.07 Å². The second kappa shape index (κ2) is 12.7. The zero-order valence-electron chi connectivity index (χ0n) is 35.7. The molecule has 0 N–H and O–H groups in total. The summed E-state index contributed by atoms with van der Waals surface area (Å²) in [6.45, 7) is 4.69. The van der Waals surface area contributed by atoms with Gasteiger partial charge in [-0.15, -0.1) is 0 Å². The molecule has 1 unspecified atom stereocenters. The Morgan fingerprint density at radius 2 is 0.969 bits per heavy atom. The Labute approximate surface area is 374 Å². The first-order chi connectivity index (χ1) is 31.9. The summed E-state index contributed by atoms with van der Waals surface area (Å²) in [5.74, 6) is 0. The molecular formula is C60H39N3O2. The van der Waals surface area contributed by atoms with E-state index in [4.69, 9.17) is 0 Å². The van der Waals surface area contributed by atoms with Crippen LogP contribution in [0.4, 0.5) is 17.1 Å². The molecule has 0 bridgehead atoms. The SMILES string of the molecule is CC1(C)c2ccccc2-c2ccc(N(c3ccccc3-c3ccccc3)c3cccc4c3-c3ccccc3C43c4ccccc4-c4cc5c(=O)n6c(=O)c7ccccc7n6c5cc43)cc21. The highest BCUT2D eigenvalue weighted by Gasteiger charge is 2.53. The van der Waals surface area contributed by atoms with Crippen LogP contribution in [0.5, 0.6) is 0 Å². The number of rotatable bonds is 4. The van der Waals surface area contributed by atoms with E-state index < -0.39 is 5.41 Å². The predicted molar refractivity (Wildman–Crippen MR) is 264 cm³/mol. The molecule has 11 aromatic rings. The van der Waals surface area contributed by atoms with Gasteiger partial charge in [0.1, 0.15) is 0 Å². The predicted octanol–water partition coefficient (Wildman–Crippen LogP) is 13.3. The Morgan fingerprint density at radius 3 is 1.77 bits per heavy atom. The van der Waals surface area contributed by atoms with Crippen LogP contribution in [0.2, 0.25) is 0 Å². The van der Waals surface area contributed by atoms with E-state index in [0.717, 1.165) is 67.0 Å². The number of benzene rings is 9. The lowest BCUT2D eigenvalue weighted by molar-refractivity contribution is 0.660. The first kappa shape index (κ1) is 36.2. The minimum atomic E-state index is -0.727. The van der Waals surface area contributed by atoms with Gasteiger partial charge in [0.25, 0.3) is 11.1 Å². The molecule has 65 heavy (non-hydrogen) atoms. The standard InChI is InChI=1S/C60H39N3O2/c1-59(2)46-24-11-6-20-39(46)41-32-31-37(33-50(41)59)61(52-28-14-9-19-38(52)36-17-4-3-5-18-36)54-30-16-27-49-56(54)42-22-8-13-26-48(42)60(49)47-25-12-7-21-40(47)44-34-45-55(35-51(44)60)62-53-29-15-10-23-43(53)57(64)63(62)58(45)65/h3-35H,1-2H3. The molecule has 5 nitrogen and oxygen atoms in total. The van der Waals surface area contributed by atoms with Crippen molar-refractivity contribution in [2.75, 3.05) is 4.90 Å². The summed E-state index contributed by atoms with van der Waals surface area (Å²) in [5.41, 5.74) is 19.7. The van der Waals surface area contributed by atoms with Crippen molar-refractivity contribution < 1.29 is 0 Å². The molecule has 2 aromatic heterocycles. The van der Waals surface area contributed by atoms with Gasteiger partial charge in [0.15, 0.2) is 0 Å². The lowest BCUT2D eigenvalue weighted by Gasteiger charge is -2.33. The van der Waals surface area contributed by atoms with Crippen molar-refractivity contribution in [3.8, 4) is 44.5 Å². The summed E-state index contributed by atoms with van der Waals surface area (Å²) < 4.78 is 3.15. The topological polar surface area (TPSA) is 46.2 Å². The Kier molecular flexibility index (Phi) is 7.07. The fraction of sp³-hybridized carbons (Fsp3) is 0.0667. The van der Waals surface area contributed by atoms with Crippen LogP contribution < -0.4 is 16.0 Å². The molecule has 306 valence electrons. The van der Waals surface area contributed by atoms with E-state index in [2.05, 4.69) is 189 Å². The van der Waals surface area contributed by atoms with Crippen molar-refractivity contribution in [1.82, 2.24) is 9.03 Å². The third-order valence-electron chi connectivity index (χ3n) is 14.9. The zero-order chi connectivity index (χ0) is 43.3. The van der Waals surface area contributed by atoms with Crippen LogP contribution in [0, 0.1) is 0 Å². The Bertz CT molecular complexity index is 3990. The molecular weight excluding hydrogens is 795 g/mol. The minimum absolute atomic E-state index is 0.198. The first-order valence-electron chi connectivity index (χ1n) is 22.4. The summed E-state index contributed by atoms with van der Waals surface area (Å²) in [5, 5.41) is 1.06. The van der Waals surface area contributed by atoms with Crippen LogP contribution in [-0.2, 0) is 10.8 Å². The van der Waals surface area contributed by atoms with Gasteiger partial charge in [-0.25, -0.2) is 4.52 Å². The smallest absolute Gasteiger partial charge is 0.282 e. The molecule has 0 saturated heterocycles. The molecule has 14 rings (SSSR count). The van der Waals surface area contributed by atoms with Gasteiger partial charge in [0, 0.05) is 22.2 Å². The maximum Gasteiger partial charge on any atom is 0.282 e. The summed E-state index contributed by atoms with van der Waals surface area (Å²) in [6.07, 6.45) is 0. The van der Waals surface area contributed by atoms with Crippen molar-refractivity contribution in [3.63, 3.8) is 0 Å². The molecule has 0 saturated carbocycles. The van der Waals surface area contributed by atoms with Gasteiger partial charge < -0.3 is 4.90 Å². The second-order valence-corrected chi connectivity index (χ2v) is 18.3. The van der Waals surface area contributed by atoms with Gasteiger partial charge in [-0.2, -0.15) is 4.52 Å². The van der Waals surface area contributed by atoms with Gasteiger partial charge >= 0.3 is 0 Å². The van der Waals surface area contributed by atoms with Crippen molar-refractivity contribution in [1.29, 1.82) is 0 Å². The van der Waals surface area contributed by atoms with Gasteiger partial charge in [0.2, 0.25) is 0 Å². The highest BCUT2D eigenvalue weighted by Crippen LogP contribution is 2.65. The Balaban J connectivity index is 1.09. The Morgan fingerprint density at radius 1 is 0.385 bits per heavy atom. The number of para-hydroxylation sites is 2. The maximum atomic E-state index is 14.3. The molecule has 0 radical (unpaired) electrons. The molecule has 3 aliphatic carbocycles. The van der Waals surface area contributed by atoms with E-state index in [9.17, 15) is 9.59 Å². The van der Waals surface area contributed by atoms with Gasteiger partial charge in [-0.3, -0.25) is 9.59 Å². The summed E-state index contributed by atoms with van der Waals surface area (Å²) in [6, 6.07) is 71.5. The average Bonchev–Trinajstić information content (AvgIpc) is 4.08. The van der Waals surface area contributed by atoms with Gasteiger partial charge in [-0.05, 0) is 115 Å².